The number of anilines is 2. The lowest BCUT2D eigenvalue weighted by Gasteiger charge is -2.42. The molecule has 3 N–H and O–H groups in total. The molecule has 0 saturated carbocycles. The van der Waals surface area contributed by atoms with Gasteiger partial charge in [0.05, 0.1) is 5.69 Å². The minimum Gasteiger partial charge on any atom is -0.359 e. The normalized spacial score (nSPS) is 17.8. The Labute approximate surface area is 180 Å². The zero-order valence-corrected chi connectivity index (χ0v) is 17.2. The van der Waals surface area contributed by atoms with Crippen LogP contribution in [-0.2, 0) is 17.1 Å². The van der Waals surface area contributed by atoms with E-state index in [-0.39, 0.29) is 17.9 Å². The number of urea groups is 1. The van der Waals surface area contributed by atoms with Crippen LogP contribution >= 0.6 is 15.9 Å². The van der Waals surface area contributed by atoms with E-state index in [9.17, 15) is 19.1 Å². The Hall–Kier alpha value is -3.23. The van der Waals surface area contributed by atoms with Crippen molar-refractivity contribution in [2.45, 2.75) is 12.3 Å². The number of amides is 3. The molecule has 0 radical (unpaired) electrons. The molecule has 0 bridgehead atoms. The zero-order valence-electron chi connectivity index (χ0n) is 15.6. The highest BCUT2D eigenvalue weighted by atomic mass is 79.9. The summed E-state index contributed by atoms with van der Waals surface area (Å²) in [4.78, 5) is 27.2. The fourth-order valence-corrected chi connectivity index (χ4v) is 3.73. The largest absolute Gasteiger partial charge is 0.359 e. The molecule has 1 heterocycles. The first-order chi connectivity index (χ1) is 14.4. The van der Waals surface area contributed by atoms with Crippen LogP contribution in [0.15, 0.2) is 77.3 Å². The molecule has 1 aliphatic heterocycles. The van der Waals surface area contributed by atoms with Crippen molar-refractivity contribution in [1.82, 2.24) is 5.32 Å². The fraction of sp³-hybridized carbons (Fsp3) is 0.0909. The molecule has 0 aliphatic carbocycles. The molecule has 1 aliphatic rings. The van der Waals surface area contributed by atoms with E-state index in [2.05, 4.69) is 26.6 Å². The standard InChI is InChI=1S/C22H17BrFN3O3/c23-15-8-11-19-18(12-15)22(30,20(28)25-13-14-6-9-16(24)10-7-14)27(21(29)26-19)17-4-2-1-3-5-17/h1-12,30H,13H2,(H,25,28)(H,26,29)/t22-/m1/s1. The lowest BCUT2D eigenvalue weighted by Crippen LogP contribution is -2.62. The summed E-state index contributed by atoms with van der Waals surface area (Å²) in [6, 6.07) is 18.3. The van der Waals surface area contributed by atoms with Gasteiger partial charge in [-0.05, 0) is 48.0 Å². The number of carbonyl (C=O) groups is 2. The minimum atomic E-state index is -2.30. The van der Waals surface area contributed by atoms with Crippen LogP contribution in [-0.4, -0.2) is 17.0 Å². The Morgan fingerprint density at radius 2 is 1.80 bits per heavy atom. The van der Waals surface area contributed by atoms with Gasteiger partial charge in [0.25, 0.3) is 11.6 Å². The Morgan fingerprint density at radius 3 is 2.50 bits per heavy atom. The summed E-state index contributed by atoms with van der Waals surface area (Å²) in [6.07, 6.45) is 0. The summed E-state index contributed by atoms with van der Waals surface area (Å²) in [5.41, 5.74) is -0.760. The van der Waals surface area contributed by atoms with Crippen molar-refractivity contribution >= 4 is 39.2 Å². The Balaban J connectivity index is 1.76. The van der Waals surface area contributed by atoms with Crippen molar-refractivity contribution in [2.75, 3.05) is 10.2 Å². The van der Waals surface area contributed by atoms with Gasteiger partial charge < -0.3 is 15.7 Å². The van der Waals surface area contributed by atoms with E-state index in [1.165, 1.54) is 24.3 Å². The highest BCUT2D eigenvalue weighted by Crippen LogP contribution is 2.40. The van der Waals surface area contributed by atoms with Crippen molar-refractivity contribution in [3.8, 4) is 0 Å². The zero-order chi connectivity index (χ0) is 21.3. The maximum Gasteiger partial charge on any atom is 0.329 e. The molecule has 3 aromatic rings. The summed E-state index contributed by atoms with van der Waals surface area (Å²) in [7, 11) is 0. The summed E-state index contributed by atoms with van der Waals surface area (Å²) >= 11 is 3.36. The number of halogens is 2. The lowest BCUT2D eigenvalue weighted by atomic mass is 9.94. The number of fused-ring (bicyclic) bond motifs is 1. The van der Waals surface area contributed by atoms with Gasteiger partial charge in [0.1, 0.15) is 5.82 Å². The van der Waals surface area contributed by atoms with Gasteiger partial charge in [-0.25, -0.2) is 9.18 Å². The van der Waals surface area contributed by atoms with Crippen LogP contribution in [0.3, 0.4) is 0 Å². The fourth-order valence-electron chi connectivity index (χ4n) is 3.37. The Morgan fingerprint density at radius 1 is 1.10 bits per heavy atom. The molecule has 0 saturated heterocycles. The van der Waals surface area contributed by atoms with Crippen LogP contribution in [0, 0.1) is 5.82 Å². The molecule has 0 fully saturated rings. The third-order valence-corrected chi connectivity index (χ3v) is 5.32. The first-order valence-corrected chi connectivity index (χ1v) is 9.90. The molecule has 0 unspecified atom stereocenters. The Kier molecular flexibility index (Phi) is 5.27. The second kappa shape index (κ2) is 7.89. The number of para-hydroxylation sites is 1. The number of hydrogen-bond acceptors (Lipinski definition) is 3. The van der Waals surface area contributed by atoms with Crippen molar-refractivity contribution in [3.63, 3.8) is 0 Å². The maximum atomic E-state index is 13.3. The Bertz CT molecular complexity index is 1110. The summed E-state index contributed by atoms with van der Waals surface area (Å²) in [5.74, 6) is -1.17. The minimum absolute atomic E-state index is 0.0506. The molecule has 1 atom stereocenters. The van der Waals surface area contributed by atoms with E-state index < -0.39 is 17.7 Å². The predicted octanol–water partition coefficient (Wildman–Crippen LogP) is 4.10. The van der Waals surface area contributed by atoms with Gasteiger partial charge in [0.15, 0.2) is 0 Å². The van der Waals surface area contributed by atoms with Gasteiger partial charge in [0.2, 0.25) is 0 Å². The number of rotatable bonds is 4. The van der Waals surface area contributed by atoms with Gasteiger partial charge >= 0.3 is 6.03 Å². The van der Waals surface area contributed by atoms with Crippen molar-refractivity contribution in [2.24, 2.45) is 0 Å². The monoisotopic (exact) mass is 469 g/mol. The van der Waals surface area contributed by atoms with Gasteiger partial charge in [0, 0.05) is 22.3 Å². The average molecular weight is 470 g/mol. The van der Waals surface area contributed by atoms with Crippen LogP contribution in [0.1, 0.15) is 11.1 Å². The molecule has 0 spiro atoms. The number of aliphatic hydroxyl groups is 1. The smallest absolute Gasteiger partial charge is 0.329 e. The molecule has 3 aromatic carbocycles. The summed E-state index contributed by atoms with van der Waals surface area (Å²) in [6.45, 7) is 0.0506. The molecule has 30 heavy (non-hydrogen) atoms. The second-order valence-corrected chi connectivity index (χ2v) is 7.69. The molecule has 3 amide bonds. The number of benzene rings is 3. The molecular weight excluding hydrogens is 453 g/mol. The molecule has 6 nitrogen and oxygen atoms in total. The SMILES string of the molecule is O=C1Nc2ccc(Br)cc2[C@@](O)(C(=O)NCc2ccc(F)cc2)N1c1ccccc1. The lowest BCUT2D eigenvalue weighted by molar-refractivity contribution is -0.140. The van der Waals surface area contributed by atoms with E-state index >= 15 is 0 Å². The van der Waals surface area contributed by atoms with E-state index in [0.717, 1.165) is 4.90 Å². The highest BCUT2D eigenvalue weighted by molar-refractivity contribution is 9.10. The van der Waals surface area contributed by atoms with E-state index in [1.807, 2.05) is 0 Å². The van der Waals surface area contributed by atoms with Crippen molar-refractivity contribution in [1.29, 1.82) is 0 Å². The quantitative estimate of drug-likeness (QED) is 0.537. The average Bonchev–Trinajstić information content (AvgIpc) is 2.74. The van der Waals surface area contributed by atoms with Crippen LogP contribution in [0.5, 0.6) is 0 Å². The van der Waals surface area contributed by atoms with Crippen LogP contribution < -0.4 is 15.5 Å². The number of hydrogen-bond donors (Lipinski definition) is 3. The number of nitrogens with zero attached hydrogens (tertiary/aromatic N) is 1. The maximum absolute atomic E-state index is 13.3. The third kappa shape index (κ3) is 3.55. The topological polar surface area (TPSA) is 81.7 Å². The summed E-state index contributed by atoms with van der Waals surface area (Å²) in [5, 5.41) is 17.1. The summed E-state index contributed by atoms with van der Waals surface area (Å²) < 4.78 is 13.8. The van der Waals surface area contributed by atoms with Gasteiger partial charge in [-0.3, -0.25) is 9.69 Å². The first kappa shape index (κ1) is 20.1. The van der Waals surface area contributed by atoms with E-state index in [1.54, 1.807) is 48.5 Å². The molecule has 4 rings (SSSR count). The molecule has 0 aromatic heterocycles. The highest BCUT2D eigenvalue weighted by Gasteiger charge is 2.52. The van der Waals surface area contributed by atoms with E-state index in [4.69, 9.17) is 0 Å². The molecule has 152 valence electrons. The van der Waals surface area contributed by atoms with Crippen molar-refractivity contribution in [3.05, 3.63) is 94.2 Å². The van der Waals surface area contributed by atoms with Crippen LogP contribution in [0.4, 0.5) is 20.6 Å². The van der Waals surface area contributed by atoms with Gasteiger partial charge in [-0.15, -0.1) is 0 Å². The second-order valence-electron chi connectivity index (χ2n) is 6.77. The first-order valence-electron chi connectivity index (χ1n) is 9.11. The van der Waals surface area contributed by atoms with Crippen LogP contribution in [0.25, 0.3) is 0 Å². The molecular formula is C22H17BrFN3O3. The molecule has 8 heteroatoms. The third-order valence-electron chi connectivity index (χ3n) is 4.82. The van der Waals surface area contributed by atoms with Crippen LogP contribution in [0.2, 0.25) is 0 Å². The number of carbonyl (C=O) groups excluding carboxylic acids is 2. The van der Waals surface area contributed by atoms with Gasteiger partial charge in [-0.2, -0.15) is 0 Å². The van der Waals surface area contributed by atoms with E-state index in [0.29, 0.717) is 21.4 Å². The van der Waals surface area contributed by atoms with Crippen molar-refractivity contribution < 1.29 is 19.1 Å². The van der Waals surface area contributed by atoms with Gasteiger partial charge in [-0.1, -0.05) is 46.3 Å². The predicted molar refractivity (Wildman–Crippen MR) is 114 cm³/mol. The number of nitrogens with one attached hydrogen (secondary N) is 2.